The number of imidazole rings is 1. The molecular weight excluding hydrogens is 425 g/mol. The molecule has 4 rings (SSSR count). The van der Waals surface area contributed by atoms with Crippen LogP contribution in [0.15, 0.2) is 53.8 Å². The molecule has 0 aliphatic carbocycles. The number of pyridine rings is 1. The van der Waals surface area contributed by atoms with Gasteiger partial charge in [0.25, 0.3) is 5.91 Å². The van der Waals surface area contributed by atoms with Crippen LogP contribution in [0.5, 0.6) is 0 Å². The number of hydrogen-bond donors (Lipinski definition) is 1. The van der Waals surface area contributed by atoms with E-state index in [-0.39, 0.29) is 30.0 Å². The number of amides is 3. The molecule has 1 aromatic carbocycles. The summed E-state index contributed by atoms with van der Waals surface area (Å²) in [5, 5.41) is 2.50. The van der Waals surface area contributed by atoms with E-state index in [1.807, 2.05) is 0 Å². The third-order valence-corrected chi connectivity index (χ3v) is 5.95. The van der Waals surface area contributed by atoms with Gasteiger partial charge in [-0.2, -0.15) is 0 Å². The fourth-order valence-corrected chi connectivity index (χ4v) is 4.20. The Morgan fingerprint density at radius 2 is 1.65 bits per heavy atom. The maximum Gasteiger partial charge on any atom is 0.321 e. The quantitative estimate of drug-likeness (QED) is 0.663. The summed E-state index contributed by atoms with van der Waals surface area (Å²) in [6.07, 6.45) is 2.59. The van der Waals surface area contributed by atoms with Crippen molar-refractivity contribution in [1.82, 2.24) is 19.2 Å². The van der Waals surface area contributed by atoms with Gasteiger partial charge in [-0.1, -0.05) is 6.07 Å². The van der Waals surface area contributed by atoms with Crippen LogP contribution in [0.4, 0.5) is 14.9 Å². The van der Waals surface area contributed by atoms with Crippen LogP contribution in [0.1, 0.15) is 10.5 Å². The first-order valence-electron chi connectivity index (χ1n) is 9.52. The lowest BCUT2D eigenvalue weighted by molar-refractivity contribution is 0.0668. The van der Waals surface area contributed by atoms with Gasteiger partial charge in [-0.15, -0.1) is 0 Å². The molecule has 1 aliphatic heterocycles. The van der Waals surface area contributed by atoms with Gasteiger partial charge in [-0.3, -0.25) is 9.20 Å². The Labute approximate surface area is 178 Å². The zero-order valence-corrected chi connectivity index (χ0v) is 17.5. The third kappa shape index (κ3) is 4.22. The van der Waals surface area contributed by atoms with E-state index in [0.29, 0.717) is 24.3 Å². The Bertz CT molecular complexity index is 1250. The summed E-state index contributed by atoms with van der Waals surface area (Å²) in [6.45, 7) is 1.14. The van der Waals surface area contributed by atoms with Gasteiger partial charge in [0, 0.05) is 44.3 Å². The molecule has 0 spiro atoms. The number of carbonyl (C=O) groups is 2. The number of halogens is 1. The molecule has 162 valence electrons. The molecule has 1 saturated heterocycles. The van der Waals surface area contributed by atoms with E-state index in [9.17, 15) is 22.4 Å². The zero-order valence-electron chi connectivity index (χ0n) is 16.7. The minimum absolute atomic E-state index is 0.0604. The van der Waals surface area contributed by atoms with Crippen LogP contribution in [0, 0.1) is 5.82 Å². The summed E-state index contributed by atoms with van der Waals surface area (Å²) in [4.78, 5) is 32.7. The normalized spacial score (nSPS) is 14.6. The number of hydrogen-bond acceptors (Lipinski definition) is 5. The van der Waals surface area contributed by atoms with E-state index < -0.39 is 21.6 Å². The largest absolute Gasteiger partial charge is 0.334 e. The minimum Gasteiger partial charge on any atom is -0.334 e. The van der Waals surface area contributed by atoms with Crippen molar-refractivity contribution >= 4 is 33.0 Å². The van der Waals surface area contributed by atoms with Gasteiger partial charge in [0.15, 0.2) is 5.69 Å². The molecule has 0 saturated carbocycles. The topological polar surface area (TPSA) is 104 Å². The van der Waals surface area contributed by atoms with Gasteiger partial charge in [0.2, 0.25) is 15.0 Å². The van der Waals surface area contributed by atoms with Crippen molar-refractivity contribution in [2.24, 2.45) is 0 Å². The number of rotatable bonds is 3. The van der Waals surface area contributed by atoms with Crippen LogP contribution in [-0.4, -0.2) is 72.0 Å². The molecule has 0 radical (unpaired) electrons. The van der Waals surface area contributed by atoms with E-state index in [2.05, 4.69) is 10.3 Å². The van der Waals surface area contributed by atoms with Crippen LogP contribution >= 0.6 is 0 Å². The molecule has 0 atom stereocenters. The Hall–Kier alpha value is -3.47. The number of fused-ring (bicyclic) bond motifs is 1. The summed E-state index contributed by atoms with van der Waals surface area (Å²) in [5.74, 6) is -0.784. The molecule has 1 aliphatic rings. The summed E-state index contributed by atoms with van der Waals surface area (Å²) >= 11 is 0. The lowest BCUT2D eigenvalue weighted by Gasteiger charge is -2.34. The van der Waals surface area contributed by atoms with Gasteiger partial charge < -0.3 is 15.1 Å². The van der Waals surface area contributed by atoms with E-state index in [0.717, 1.165) is 6.26 Å². The molecule has 2 aromatic heterocycles. The number of carbonyl (C=O) groups excluding carboxylic acids is 2. The van der Waals surface area contributed by atoms with Gasteiger partial charge in [-0.25, -0.2) is 22.6 Å². The highest BCUT2D eigenvalue weighted by molar-refractivity contribution is 7.90. The van der Waals surface area contributed by atoms with Crippen molar-refractivity contribution in [3.05, 3.63) is 60.2 Å². The fraction of sp³-hybridized carbons (Fsp3) is 0.250. The molecule has 31 heavy (non-hydrogen) atoms. The number of benzene rings is 1. The van der Waals surface area contributed by atoms with Gasteiger partial charge in [0.1, 0.15) is 5.82 Å². The smallest absolute Gasteiger partial charge is 0.321 e. The highest BCUT2D eigenvalue weighted by atomic mass is 32.2. The van der Waals surface area contributed by atoms with Crippen molar-refractivity contribution in [2.45, 2.75) is 5.16 Å². The average molecular weight is 445 g/mol. The van der Waals surface area contributed by atoms with E-state index in [4.69, 9.17) is 0 Å². The maximum atomic E-state index is 13.1. The van der Waals surface area contributed by atoms with Crippen LogP contribution in [0.3, 0.4) is 0 Å². The van der Waals surface area contributed by atoms with Crippen molar-refractivity contribution < 1.29 is 22.4 Å². The number of nitrogens with zero attached hydrogens (tertiary/aromatic N) is 4. The highest BCUT2D eigenvalue weighted by Crippen LogP contribution is 2.19. The number of nitrogens with one attached hydrogen (secondary N) is 1. The Morgan fingerprint density at radius 3 is 2.29 bits per heavy atom. The van der Waals surface area contributed by atoms with Crippen molar-refractivity contribution in [3.63, 3.8) is 0 Å². The van der Waals surface area contributed by atoms with E-state index in [1.165, 1.54) is 28.7 Å². The molecular formula is C20H20FN5O4S. The number of urea groups is 1. The SMILES string of the molecule is CS(=O)(=O)c1nc(C(=O)N2CCN(C(=O)Nc3ccc(F)cc3)CC2)c2ccccn12. The summed E-state index contributed by atoms with van der Waals surface area (Å²) in [7, 11) is -3.63. The van der Waals surface area contributed by atoms with Gasteiger partial charge >= 0.3 is 6.03 Å². The fourth-order valence-electron chi connectivity index (χ4n) is 3.43. The lowest BCUT2D eigenvalue weighted by atomic mass is 10.2. The molecule has 9 nitrogen and oxygen atoms in total. The Kier molecular flexibility index (Phi) is 5.36. The predicted molar refractivity (Wildman–Crippen MR) is 111 cm³/mol. The number of aromatic nitrogens is 2. The minimum atomic E-state index is -3.63. The van der Waals surface area contributed by atoms with Gasteiger partial charge in [-0.05, 0) is 36.4 Å². The van der Waals surface area contributed by atoms with Crippen LogP contribution < -0.4 is 5.32 Å². The molecule has 0 bridgehead atoms. The predicted octanol–water partition coefficient (Wildman–Crippen LogP) is 1.87. The second kappa shape index (κ2) is 7.99. The summed E-state index contributed by atoms with van der Waals surface area (Å²) < 4.78 is 38.5. The molecule has 3 aromatic rings. The molecule has 1 fully saturated rings. The second-order valence-corrected chi connectivity index (χ2v) is 9.10. The summed E-state index contributed by atoms with van der Waals surface area (Å²) in [5.41, 5.74) is 0.942. The first-order chi connectivity index (χ1) is 14.7. The van der Waals surface area contributed by atoms with Crippen molar-refractivity contribution in [1.29, 1.82) is 0 Å². The molecule has 3 amide bonds. The van der Waals surface area contributed by atoms with E-state index in [1.54, 1.807) is 34.2 Å². The maximum absolute atomic E-state index is 13.1. The third-order valence-electron chi connectivity index (χ3n) is 5.00. The first-order valence-corrected chi connectivity index (χ1v) is 11.4. The summed E-state index contributed by atoms with van der Waals surface area (Å²) in [6, 6.07) is 10.1. The van der Waals surface area contributed by atoms with E-state index >= 15 is 0 Å². The number of piperazine rings is 1. The average Bonchev–Trinajstić information content (AvgIpc) is 3.15. The Morgan fingerprint density at radius 1 is 1.00 bits per heavy atom. The molecule has 0 unspecified atom stereocenters. The molecule has 3 heterocycles. The zero-order chi connectivity index (χ0) is 22.2. The van der Waals surface area contributed by atoms with Crippen molar-refractivity contribution in [3.8, 4) is 0 Å². The Balaban J connectivity index is 1.46. The molecule has 1 N–H and O–H groups in total. The van der Waals surface area contributed by atoms with Crippen LogP contribution in [0.2, 0.25) is 0 Å². The van der Waals surface area contributed by atoms with Crippen LogP contribution in [0.25, 0.3) is 5.52 Å². The second-order valence-electron chi connectivity index (χ2n) is 7.19. The highest BCUT2D eigenvalue weighted by Gasteiger charge is 2.29. The lowest BCUT2D eigenvalue weighted by Crippen LogP contribution is -2.51. The monoisotopic (exact) mass is 445 g/mol. The number of sulfone groups is 1. The van der Waals surface area contributed by atoms with Crippen LogP contribution in [-0.2, 0) is 9.84 Å². The first kappa shape index (κ1) is 20.8. The van der Waals surface area contributed by atoms with Crippen molar-refractivity contribution in [2.75, 3.05) is 37.8 Å². The standard InChI is InChI=1S/C20H20FN5O4S/c1-31(29,30)20-23-17(16-4-2-3-9-26(16)20)18(27)24-10-12-25(13-11-24)19(28)22-15-7-5-14(21)6-8-15/h2-9H,10-13H2,1H3,(H,22,28). The number of anilines is 1. The van der Waals surface area contributed by atoms with Gasteiger partial charge in [0.05, 0.1) is 5.52 Å². The molecule has 11 heteroatoms.